The highest BCUT2D eigenvalue weighted by Gasteiger charge is 2.41. The summed E-state index contributed by atoms with van der Waals surface area (Å²) in [5.74, 6) is -1.08. The molecule has 0 saturated carbocycles. The number of carboxylic acids is 1. The lowest BCUT2D eigenvalue weighted by molar-refractivity contribution is -0.305. The van der Waals surface area contributed by atoms with Gasteiger partial charge in [0.05, 0.1) is 12.6 Å². The van der Waals surface area contributed by atoms with E-state index in [0.717, 1.165) is 4.90 Å². The molecule has 0 radical (unpaired) electrons. The summed E-state index contributed by atoms with van der Waals surface area (Å²) in [6, 6.07) is -0.939. The van der Waals surface area contributed by atoms with E-state index in [0.29, 0.717) is 0 Å². The maximum atomic E-state index is 11.7. The number of aliphatic carboxylic acids is 1. The molecule has 7 heteroatoms. The normalized spacial score (nSPS) is 24.1. The number of carbonyl (C=O) groups is 2. The maximum Gasteiger partial charge on any atom is 0.442 e. The van der Waals surface area contributed by atoms with Crippen LogP contribution in [0.4, 0.5) is 4.79 Å². The largest absolute Gasteiger partial charge is 0.480 e. The van der Waals surface area contributed by atoms with Gasteiger partial charge in [-0.3, -0.25) is 9.79 Å². The first-order chi connectivity index (χ1) is 8.24. The van der Waals surface area contributed by atoms with Crippen LogP contribution in [0.2, 0.25) is 0 Å². The summed E-state index contributed by atoms with van der Waals surface area (Å²) in [5, 5.41) is 9.03. The summed E-state index contributed by atoms with van der Waals surface area (Å²) in [6.45, 7) is 5.34. The average Bonchev–Trinajstić information content (AvgIpc) is 2.69. The molecule has 0 aliphatic carbocycles. The molecule has 1 amide bonds. The summed E-state index contributed by atoms with van der Waals surface area (Å²) >= 11 is 0. The molecule has 0 aromatic rings. The third kappa shape index (κ3) is 3.85. The summed E-state index contributed by atoms with van der Waals surface area (Å²) in [5.41, 5.74) is -0.644. The number of amides is 1. The molecule has 1 saturated heterocycles. The minimum absolute atomic E-state index is 0.180. The van der Waals surface area contributed by atoms with Gasteiger partial charge < -0.3 is 9.84 Å². The molecular weight excluding hydrogens is 242 g/mol. The van der Waals surface area contributed by atoms with E-state index in [2.05, 4.69) is 4.89 Å². The Morgan fingerprint density at radius 3 is 2.39 bits per heavy atom. The highest BCUT2D eigenvalue weighted by atomic mass is 17.2. The van der Waals surface area contributed by atoms with E-state index < -0.39 is 23.7 Å². The molecule has 1 aliphatic rings. The van der Waals surface area contributed by atoms with Crippen molar-refractivity contribution in [1.82, 2.24) is 4.90 Å². The van der Waals surface area contributed by atoms with Crippen molar-refractivity contribution in [1.29, 1.82) is 0 Å². The van der Waals surface area contributed by atoms with Gasteiger partial charge in [0.15, 0.2) is 0 Å². The number of carbonyl (C=O) groups excluding carboxylic acids is 1. The number of hydrogen-bond donors (Lipinski definition) is 1. The van der Waals surface area contributed by atoms with Crippen LogP contribution in [0.15, 0.2) is 0 Å². The fourth-order valence-corrected chi connectivity index (χ4v) is 1.61. The molecule has 7 nitrogen and oxygen atoms in total. The standard InChI is InChI=1S/C11H19NO6/c1-11(2,3)18-17-10(15)12-6-7(16-4)5-8(12)9(13)14/h7-8H,5-6H2,1-4H3,(H,13,14)/t7-,8-/m1/s1. The van der Waals surface area contributed by atoms with Crippen molar-refractivity contribution in [3.8, 4) is 0 Å². The Morgan fingerprint density at radius 2 is 1.94 bits per heavy atom. The van der Waals surface area contributed by atoms with Crippen molar-refractivity contribution in [2.75, 3.05) is 13.7 Å². The summed E-state index contributed by atoms with van der Waals surface area (Å²) in [4.78, 5) is 33.4. The van der Waals surface area contributed by atoms with E-state index in [9.17, 15) is 9.59 Å². The van der Waals surface area contributed by atoms with Crippen LogP contribution in [-0.2, 0) is 19.3 Å². The number of methoxy groups -OCH3 is 1. The molecule has 0 unspecified atom stereocenters. The third-order valence-corrected chi connectivity index (χ3v) is 2.48. The molecule has 2 atom stereocenters. The second-order valence-electron chi connectivity index (χ2n) is 5.14. The van der Waals surface area contributed by atoms with Crippen molar-refractivity contribution < 1.29 is 29.2 Å². The SMILES string of the molecule is CO[C@@H]1C[C@H](C(=O)O)N(C(=O)OOC(C)(C)C)C1. The Hall–Kier alpha value is -1.34. The first-order valence-corrected chi connectivity index (χ1v) is 5.66. The van der Waals surface area contributed by atoms with Crippen molar-refractivity contribution in [3.63, 3.8) is 0 Å². The molecule has 0 aromatic carbocycles. The van der Waals surface area contributed by atoms with E-state index in [4.69, 9.17) is 14.7 Å². The van der Waals surface area contributed by atoms with Crippen LogP contribution in [0.3, 0.4) is 0 Å². The van der Waals surface area contributed by atoms with Crippen LogP contribution in [-0.4, -0.2) is 53.5 Å². The number of ether oxygens (including phenoxy) is 1. The fourth-order valence-electron chi connectivity index (χ4n) is 1.61. The molecule has 0 aromatic heterocycles. The van der Waals surface area contributed by atoms with Crippen LogP contribution in [0.5, 0.6) is 0 Å². The summed E-state index contributed by atoms with van der Waals surface area (Å²) in [6.07, 6.45) is -0.860. The van der Waals surface area contributed by atoms with Crippen molar-refractivity contribution in [2.45, 2.75) is 44.9 Å². The Morgan fingerprint density at radius 1 is 1.33 bits per heavy atom. The van der Waals surface area contributed by atoms with E-state index in [1.165, 1.54) is 7.11 Å². The van der Waals surface area contributed by atoms with E-state index in [1.807, 2.05) is 0 Å². The van der Waals surface area contributed by atoms with Crippen LogP contribution in [0.25, 0.3) is 0 Å². The zero-order chi connectivity index (χ0) is 13.9. The molecule has 0 bridgehead atoms. The van der Waals surface area contributed by atoms with Gasteiger partial charge in [0.1, 0.15) is 11.6 Å². The lowest BCUT2D eigenvalue weighted by Crippen LogP contribution is -2.41. The predicted octanol–water partition coefficient (Wildman–Crippen LogP) is 1.03. The lowest BCUT2D eigenvalue weighted by Gasteiger charge is -2.22. The van der Waals surface area contributed by atoms with E-state index in [-0.39, 0.29) is 19.1 Å². The van der Waals surface area contributed by atoms with Gasteiger partial charge >= 0.3 is 12.1 Å². The Balaban J connectivity index is 2.62. The third-order valence-electron chi connectivity index (χ3n) is 2.48. The molecule has 1 heterocycles. The van der Waals surface area contributed by atoms with E-state index >= 15 is 0 Å². The maximum absolute atomic E-state index is 11.7. The summed E-state index contributed by atoms with van der Waals surface area (Å²) in [7, 11) is 1.48. The van der Waals surface area contributed by atoms with Gasteiger partial charge in [0.2, 0.25) is 0 Å². The number of nitrogens with zero attached hydrogens (tertiary/aromatic N) is 1. The molecular formula is C11H19NO6. The molecule has 1 fully saturated rings. The topological polar surface area (TPSA) is 85.3 Å². The van der Waals surface area contributed by atoms with Crippen LogP contribution >= 0.6 is 0 Å². The van der Waals surface area contributed by atoms with Gasteiger partial charge in [-0.25, -0.2) is 9.59 Å². The predicted molar refractivity (Wildman–Crippen MR) is 60.9 cm³/mol. The fraction of sp³-hybridized carbons (Fsp3) is 0.818. The second kappa shape index (κ2) is 5.53. The monoisotopic (exact) mass is 261 g/mol. The summed E-state index contributed by atoms with van der Waals surface area (Å²) < 4.78 is 5.06. The Bertz CT molecular complexity index is 324. The number of likely N-dealkylation sites (tertiary alicyclic amines) is 1. The van der Waals surface area contributed by atoms with Gasteiger partial charge in [-0.1, -0.05) is 0 Å². The zero-order valence-corrected chi connectivity index (χ0v) is 11.0. The molecule has 1 aliphatic heterocycles. The van der Waals surface area contributed by atoms with Crippen LogP contribution < -0.4 is 0 Å². The molecule has 1 N–H and O–H groups in total. The average molecular weight is 261 g/mol. The van der Waals surface area contributed by atoms with Crippen LogP contribution in [0.1, 0.15) is 27.2 Å². The van der Waals surface area contributed by atoms with Gasteiger partial charge in [-0.15, -0.1) is 0 Å². The number of rotatable bonds is 3. The Kier molecular flexibility index (Phi) is 4.53. The second-order valence-corrected chi connectivity index (χ2v) is 5.14. The zero-order valence-electron chi connectivity index (χ0n) is 11.0. The quantitative estimate of drug-likeness (QED) is 0.603. The molecule has 0 spiro atoms. The van der Waals surface area contributed by atoms with Gasteiger partial charge in [0.25, 0.3) is 0 Å². The van der Waals surface area contributed by atoms with Crippen LogP contribution in [0, 0.1) is 0 Å². The molecule has 104 valence electrons. The van der Waals surface area contributed by atoms with Gasteiger partial charge in [-0.05, 0) is 20.8 Å². The molecule has 18 heavy (non-hydrogen) atoms. The Labute approximate surface area is 106 Å². The number of carboxylic acid groups (broad SMARTS) is 1. The highest BCUT2D eigenvalue weighted by molar-refractivity contribution is 5.80. The number of hydrogen-bond acceptors (Lipinski definition) is 5. The first-order valence-electron chi connectivity index (χ1n) is 5.66. The lowest BCUT2D eigenvalue weighted by atomic mass is 10.2. The van der Waals surface area contributed by atoms with Crippen molar-refractivity contribution in [3.05, 3.63) is 0 Å². The van der Waals surface area contributed by atoms with Crippen molar-refractivity contribution >= 4 is 12.1 Å². The van der Waals surface area contributed by atoms with Crippen molar-refractivity contribution in [2.24, 2.45) is 0 Å². The van der Waals surface area contributed by atoms with Gasteiger partial charge in [-0.2, -0.15) is 4.89 Å². The van der Waals surface area contributed by atoms with E-state index in [1.54, 1.807) is 20.8 Å². The highest BCUT2D eigenvalue weighted by Crippen LogP contribution is 2.22. The smallest absolute Gasteiger partial charge is 0.442 e. The minimum atomic E-state index is -1.08. The van der Waals surface area contributed by atoms with Gasteiger partial charge in [0, 0.05) is 13.5 Å². The molecule has 1 rings (SSSR count). The first kappa shape index (κ1) is 14.7. The minimum Gasteiger partial charge on any atom is -0.480 e.